The first-order valence-corrected chi connectivity index (χ1v) is 11.3. The molecule has 2 saturated heterocycles. The second-order valence-electron chi connectivity index (χ2n) is 8.80. The molecular weight excluding hydrogens is 464 g/mol. The molecule has 0 radical (unpaired) electrons. The van der Waals surface area contributed by atoms with Crippen molar-refractivity contribution in [2.24, 2.45) is 0 Å². The van der Waals surface area contributed by atoms with E-state index in [0.717, 1.165) is 79.9 Å². The Kier molecular flexibility index (Phi) is 9.88. The van der Waals surface area contributed by atoms with Crippen molar-refractivity contribution in [3.8, 4) is 11.3 Å². The lowest BCUT2D eigenvalue weighted by Gasteiger charge is -2.39. The number of anilines is 1. The summed E-state index contributed by atoms with van der Waals surface area (Å²) in [5.41, 5.74) is 3.83. The van der Waals surface area contributed by atoms with E-state index in [1.54, 1.807) is 12.1 Å². The zero-order chi connectivity index (χ0) is 22.0. The summed E-state index contributed by atoms with van der Waals surface area (Å²) in [5.74, 6) is 0.881. The number of piperidine rings is 2. The molecule has 1 unspecified atom stereocenters. The fourth-order valence-electron chi connectivity index (χ4n) is 4.73. The molecule has 0 saturated carbocycles. The Morgan fingerprint density at radius 2 is 1.70 bits per heavy atom. The zero-order valence-corrected chi connectivity index (χ0v) is 21.1. The summed E-state index contributed by atoms with van der Waals surface area (Å²) in [7, 11) is 1.95. The van der Waals surface area contributed by atoms with Gasteiger partial charge in [-0.2, -0.15) is 0 Å². The van der Waals surface area contributed by atoms with Crippen LogP contribution in [0.2, 0.25) is 0 Å². The molecule has 0 spiro atoms. The van der Waals surface area contributed by atoms with Gasteiger partial charge in [0.25, 0.3) is 0 Å². The normalized spacial score (nSPS) is 18.8. The minimum Gasteiger partial charge on any atom is -0.355 e. The van der Waals surface area contributed by atoms with Crippen LogP contribution in [0.1, 0.15) is 43.2 Å². The summed E-state index contributed by atoms with van der Waals surface area (Å²) in [6.45, 7) is 6.76. The Balaban J connectivity index is 0.00000193. The predicted molar refractivity (Wildman–Crippen MR) is 135 cm³/mol. The van der Waals surface area contributed by atoms with Crippen molar-refractivity contribution >= 4 is 36.5 Å². The van der Waals surface area contributed by atoms with E-state index in [-0.39, 0.29) is 48.6 Å². The van der Waals surface area contributed by atoms with Gasteiger partial charge in [-0.3, -0.25) is 4.79 Å². The maximum atomic E-state index is 13.3. The summed E-state index contributed by atoms with van der Waals surface area (Å²) in [6.07, 6.45) is 5.08. The zero-order valence-electron chi connectivity index (χ0n) is 19.5. The molecule has 4 rings (SSSR count). The molecule has 1 N–H and O–H groups in total. The fraction of sp³-hybridized carbons (Fsp3) is 0.542. The number of carbonyl (C=O) groups excluding carboxylic acids is 1. The average molecular weight is 498 g/mol. The number of hydrogen-bond donors (Lipinski definition) is 1. The van der Waals surface area contributed by atoms with Crippen LogP contribution in [-0.4, -0.2) is 59.8 Å². The molecule has 182 valence electrons. The van der Waals surface area contributed by atoms with E-state index < -0.39 is 0 Å². The van der Waals surface area contributed by atoms with Crippen molar-refractivity contribution < 1.29 is 9.18 Å². The molecule has 1 aromatic carbocycles. The van der Waals surface area contributed by atoms with Gasteiger partial charge in [0.1, 0.15) is 5.82 Å². The summed E-state index contributed by atoms with van der Waals surface area (Å²) in [6, 6.07) is 6.62. The number of halogens is 3. The molecule has 1 aromatic heterocycles. The van der Waals surface area contributed by atoms with Crippen LogP contribution in [0.4, 0.5) is 10.2 Å². The first-order valence-electron chi connectivity index (χ1n) is 11.3. The Morgan fingerprint density at radius 3 is 2.30 bits per heavy atom. The van der Waals surface area contributed by atoms with E-state index in [1.165, 1.54) is 12.1 Å². The molecule has 2 aromatic rings. The van der Waals surface area contributed by atoms with E-state index in [4.69, 9.17) is 0 Å². The summed E-state index contributed by atoms with van der Waals surface area (Å²) in [5, 5.41) is 12.4. The molecule has 3 heterocycles. The molecule has 33 heavy (non-hydrogen) atoms. The molecule has 0 bridgehead atoms. The van der Waals surface area contributed by atoms with E-state index in [0.29, 0.717) is 0 Å². The Labute approximate surface area is 208 Å². The SMILES string of the molecule is Cc1c(-c2ccc(F)cc2)nnc(N2CCC(N(C)C(=O)C3CCCCN3)CC2)c1C.Cl.Cl. The van der Waals surface area contributed by atoms with Crippen LogP contribution in [0.5, 0.6) is 0 Å². The highest BCUT2D eigenvalue weighted by molar-refractivity contribution is 5.85. The monoisotopic (exact) mass is 497 g/mol. The van der Waals surface area contributed by atoms with Crippen LogP contribution >= 0.6 is 24.8 Å². The van der Waals surface area contributed by atoms with Crippen molar-refractivity contribution in [3.63, 3.8) is 0 Å². The standard InChI is InChI=1S/C24H32FN5O.2ClH/c1-16-17(2)23(28-27-22(16)18-7-9-19(25)10-8-18)30-14-11-20(12-15-30)29(3)24(31)21-6-4-5-13-26-21;;/h7-10,20-21,26H,4-6,11-15H2,1-3H3;2*1H. The number of aromatic nitrogens is 2. The van der Waals surface area contributed by atoms with Crippen molar-refractivity contribution in [1.82, 2.24) is 20.4 Å². The molecule has 2 fully saturated rings. The minimum absolute atomic E-state index is 0. The third-order valence-electron chi connectivity index (χ3n) is 6.88. The number of amides is 1. The number of nitrogens with one attached hydrogen (secondary N) is 1. The lowest BCUT2D eigenvalue weighted by Crippen LogP contribution is -2.53. The lowest BCUT2D eigenvalue weighted by molar-refractivity contribution is -0.135. The van der Waals surface area contributed by atoms with Gasteiger partial charge in [-0.1, -0.05) is 6.42 Å². The molecule has 1 atom stereocenters. The Bertz CT molecular complexity index is 929. The van der Waals surface area contributed by atoms with Gasteiger partial charge >= 0.3 is 0 Å². The first kappa shape index (κ1) is 27.3. The maximum absolute atomic E-state index is 13.3. The maximum Gasteiger partial charge on any atom is 0.239 e. The number of carbonyl (C=O) groups is 1. The number of nitrogens with zero attached hydrogens (tertiary/aromatic N) is 4. The van der Waals surface area contributed by atoms with E-state index in [9.17, 15) is 9.18 Å². The molecule has 0 aliphatic carbocycles. The number of rotatable bonds is 4. The largest absolute Gasteiger partial charge is 0.355 e. The van der Waals surface area contributed by atoms with Gasteiger partial charge < -0.3 is 15.1 Å². The van der Waals surface area contributed by atoms with Gasteiger partial charge in [0, 0.05) is 31.7 Å². The summed E-state index contributed by atoms with van der Waals surface area (Å²) in [4.78, 5) is 17.1. The van der Waals surface area contributed by atoms with E-state index >= 15 is 0 Å². The van der Waals surface area contributed by atoms with E-state index in [1.807, 2.05) is 18.9 Å². The van der Waals surface area contributed by atoms with Crippen LogP contribution < -0.4 is 10.2 Å². The van der Waals surface area contributed by atoms with Crippen molar-refractivity contribution in [3.05, 3.63) is 41.2 Å². The highest BCUT2D eigenvalue weighted by Gasteiger charge is 2.31. The van der Waals surface area contributed by atoms with E-state index in [2.05, 4.69) is 27.3 Å². The molecule has 1 amide bonds. The smallest absolute Gasteiger partial charge is 0.239 e. The highest BCUT2D eigenvalue weighted by Crippen LogP contribution is 2.30. The van der Waals surface area contributed by atoms with Crippen LogP contribution in [0.15, 0.2) is 24.3 Å². The fourth-order valence-corrected chi connectivity index (χ4v) is 4.73. The number of likely N-dealkylation sites (N-methyl/N-ethyl adjacent to an activating group) is 1. The van der Waals surface area contributed by atoms with Crippen LogP contribution in [0, 0.1) is 19.7 Å². The average Bonchev–Trinajstić information content (AvgIpc) is 2.81. The molecule has 2 aliphatic rings. The second-order valence-corrected chi connectivity index (χ2v) is 8.80. The molecule has 9 heteroatoms. The highest BCUT2D eigenvalue weighted by atomic mass is 35.5. The van der Waals surface area contributed by atoms with Gasteiger partial charge in [-0.05, 0) is 81.5 Å². The molecular formula is C24H34Cl2FN5O. The van der Waals surface area contributed by atoms with Crippen LogP contribution in [0.3, 0.4) is 0 Å². The Morgan fingerprint density at radius 1 is 1.03 bits per heavy atom. The summed E-state index contributed by atoms with van der Waals surface area (Å²) < 4.78 is 13.3. The van der Waals surface area contributed by atoms with Gasteiger partial charge in [0.05, 0.1) is 11.7 Å². The number of benzene rings is 1. The predicted octanol–water partition coefficient (Wildman–Crippen LogP) is 4.31. The van der Waals surface area contributed by atoms with Crippen LogP contribution in [0.25, 0.3) is 11.3 Å². The molecule has 2 aliphatic heterocycles. The van der Waals surface area contributed by atoms with Gasteiger partial charge in [-0.25, -0.2) is 4.39 Å². The third-order valence-corrected chi connectivity index (χ3v) is 6.88. The van der Waals surface area contributed by atoms with Crippen molar-refractivity contribution in [1.29, 1.82) is 0 Å². The third kappa shape index (κ3) is 5.94. The van der Waals surface area contributed by atoms with Gasteiger partial charge in [0.15, 0.2) is 5.82 Å². The topological polar surface area (TPSA) is 61.4 Å². The number of hydrogen-bond acceptors (Lipinski definition) is 5. The lowest BCUT2D eigenvalue weighted by atomic mass is 9.99. The quantitative estimate of drug-likeness (QED) is 0.681. The molecule has 6 nitrogen and oxygen atoms in total. The van der Waals surface area contributed by atoms with Crippen molar-refractivity contribution in [2.75, 3.05) is 31.6 Å². The van der Waals surface area contributed by atoms with Gasteiger partial charge in [0.2, 0.25) is 5.91 Å². The van der Waals surface area contributed by atoms with Crippen LogP contribution in [-0.2, 0) is 4.79 Å². The Hall–Kier alpha value is -1.96. The second kappa shape index (κ2) is 12.0. The minimum atomic E-state index is -0.256. The first-order chi connectivity index (χ1) is 15.0. The van der Waals surface area contributed by atoms with Crippen molar-refractivity contribution in [2.45, 2.75) is 58.0 Å². The summed E-state index contributed by atoms with van der Waals surface area (Å²) >= 11 is 0. The van der Waals surface area contributed by atoms with Gasteiger partial charge in [-0.15, -0.1) is 35.0 Å².